The van der Waals surface area contributed by atoms with Crippen molar-refractivity contribution < 1.29 is 14.7 Å². The van der Waals surface area contributed by atoms with Crippen molar-refractivity contribution in [3.8, 4) is 0 Å². The highest BCUT2D eigenvalue weighted by Gasteiger charge is 2.06. The average Bonchev–Trinajstić information content (AvgIpc) is 2.56. The van der Waals surface area contributed by atoms with Gasteiger partial charge in [-0.3, -0.25) is 4.79 Å². The number of benzene rings is 2. The molecule has 0 unspecified atom stereocenters. The van der Waals surface area contributed by atoms with Gasteiger partial charge >= 0.3 is 0 Å². The van der Waals surface area contributed by atoms with Gasteiger partial charge < -0.3 is 9.90 Å². The number of hydrazone groups is 1. The Balaban J connectivity index is 2.04. The SMILES string of the molecule is O=C([O-])CC/C(=N/NC(=O)Cc1ccccc1)c1ccccc1. The van der Waals surface area contributed by atoms with E-state index in [4.69, 9.17) is 0 Å². The van der Waals surface area contributed by atoms with Crippen LogP contribution in [0.15, 0.2) is 65.8 Å². The number of nitrogens with zero attached hydrogens (tertiary/aromatic N) is 1. The molecule has 0 atom stereocenters. The number of hydrogen-bond donors (Lipinski definition) is 1. The van der Waals surface area contributed by atoms with Gasteiger partial charge in [0.1, 0.15) is 0 Å². The lowest BCUT2D eigenvalue weighted by molar-refractivity contribution is -0.305. The third-order valence-electron chi connectivity index (χ3n) is 3.20. The molecule has 0 aliphatic heterocycles. The molecule has 0 aromatic heterocycles. The molecule has 0 radical (unpaired) electrons. The summed E-state index contributed by atoms with van der Waals surface area (Å²) >= 11 is 0. The van der Waals surface area contributed by atoms with Crippen LogP contribution >= 0.6 is 0 Å². The first-order valence-electron chi connectivity index (χ1n) is 7.30. The number of rotatable bonds is 7. The summed E-state index contributed by atoms with van der Waals surface area (Å²) in [7, 11) is 0. The van der Waals surface area contributed by atoms with Crippen molar-refractivity contribution >= 4 is 17.6 Å². The molecule has 23 heavy (non-hydrogen) atoms. The Bertz CT molecular complexity index is 682. The van der Waals surface area contributed by atoms with E-state index in [1.54, 1.807) is 0 Å². The molecule has 1 amide bonds. The van der Waals surface area contributed by atoms with Crippen LogP contribution in [0.2, 0.25) is 0 Å². The van der Waals surface area contributed by atoms with Crippen molar-refractivity contribution in [1.29, 1.82) is 0 Å². The second-order valence-electron chi connectivity index (χ2n) is 4.99. The summed E-state index contributed by atoms with van der Waals surface area (Å²) < 4.78 is 0. The first-order chi connectivity index (χ1) is 11.1. The molecule has 5 nitrogen and oxygen atoms in total. The smallest absolute Gasteiger partial charge is 0.244 e. The summed E-state index contributed by atoms with van der Waals surface area (Å²) in [4.78, 5) is 22.6. The molecule has 0 saturated heterocycles. The van der Waals surface area contributed by atoms with E-state index in [0.29, 0.717) is 5.71 Å². The lowest BCUT2D eigenvalue weighted by Crippen LogP contribution is -2.25. The van der Waals surface area contributed by atoms with Crippen LogP contribution in [0.5, 0.6) is 0 Å². The fraction of sp³-hybridized carbons (Fsp3) is 0.167. The molecule has 0 spiro atoms. The number of carboxylic acids is 1. The Morgan fingerprint density at radius 3 is 2.13 bits per heavy atom. The van der Waals surface area contributed by atoms with E-state index in [-0.39, 0.29) is 25.2 Å². The second kappa shape index (κ2) is 8.48. The maximum atomic E-state index is 11.9. The average molecular weight is 309 g/mol. The summed E-state index contributed by atoms with van der Waals surface area (Å²) in [5, 5.41) is 14.7. The molecule has 2 rings (SSSR count). The van der Waals surface area contributed by atoms with Gasteiger partial charge in [-0.25, -0.2) is 5.43 Å². The maximum absolute atomic E-state index is 11.9. The van der Waals surface area contributed by atoms with E-state index in [1.807, 2.05) is 60.7 Å². The van der Waals surface area contributed by atoms with Crippen LogP contribution < -0.4 is 10.5 Å². The Kier molecular flexibility index (Phi) is 6.06. The summed E-state index contributed by atoms with van der Waals surface area (Å²) in [6.07, 6.45) is 0.257. The van der Waals surface area contributed by atoms with Crippen molar-refractivity contribution in [1.82, 2.24) is 5.43 Å². The van der Waals surface area contributed by atoms with Gasteiger partial charge in [-0.15, -0.1) is 0 Å². The van der Waals surface area contributed by atoms with Crippen molar-refractivity contribution in [2.45, 2.75) is 19.3 Å². The van der Waals surface area contributed by atoms with E-state index < -0.39 is 5.97 Å². The molecule has 2 aromatic rings. The lowest BCUT2D eigenvalue weighted by Gasteiger charge is -2.08. The van der Waals surface area contributed by atoms with Crippen molar-refractivity contribution in [3.05, 3.63) is 71.8 Å². The van der Waals surface area contributed by atoms with Gasteiger partial charge in [0.15, 0.2) is 0 Å². The Hall–Kier alpha value is -2.95. The molecule has 0 fully saturated rings. The van der Waals surface area contributed by atoms with E-state index in [1.165, 1.54) is 0 Å². The first kappa shape index (κ1) is 16.4. The minimum atomic E-state index is -1.15. The van der Waals surface area contributed by atoms with Crippen molar-refractivity contribution in [2.75, 3.05) is 0 Å². The zero-order valence-electron chi connectivity index (χ0n) is 12.6. The zero-order chi connectivity index (χ0) is 16.5. The van der Waals surface area contributed by atoms with E-state index in [0.717, 1.165) is 11.1 Å². The molecule has 0 heterocycles. The quantitative estimate of drug-likeness (QED) is 0.618. The van der Waals surface area contributed by atoms with Crippen LogP contribution in [0.1, 0.15) is 24.0 Å². The number of amides is 1. The van der Waals surface area contributed by atoms with Crippen LogP contribution in [-0.2, 0) is 16.0 Å². The van der Waals surface area contributed by atoms with E-state index in [9.17, 15) is 14.7 Å². The number of carbonyl (C=O) groups excluding carboxylic acids is 2. The Morgan fingerprint density at radius 2 is 1.52 bits per heavy atom. The van der Waals surface area contributed by atoms with Crippen LogP contribution in [0.4, 0.5) is 0 Å². The number of nitrogens with one attached hydrogen (secondary N) is 1. The predicted octanol–water partition coefficient (Wildman–Crippen LogP) is 1.28. The third kappa shape index (κ3) is 5.74. The van der Waals surface area contributed by atoms with E-state index in [2.05, 4.69) is 10.5 Å². The highest BCUT2D eigenvalue weighted by molar-refractivity contribution is 6.02. The van der Waals surface area contributed by atoms with Gasteiger partial charge in [0.2, 0.25) is 5.91 Å². The van der Waals surface area contributed by atoms with Crippen LogP contribution in [0.3, 0.4) is 0 Å². The number of carboxylic acid groups (broad SMARTS) is 1. The molecule has 0 saturated carbocycles. The van der Waals surface area contributed by atoms with Gasteiger partial charge in [0.25, 0.3) is 0 Å². The highest BCUT2D eigenvalue weighted by Crippen LogP contribution is 2.06. The number of aliphatic carboxylic acids is 1. The molecule has 0 bridgehead atoms. The lowest BCUT2D eigenvalue weighted by atomic mass is 10.1. The molecule has 2 aromatic carbocycles. The molecule has 0 aliphatic rings. The minimum absolute atomic E-state index is 0.151. The summed E-state index contributed by atoms with van der Waals surface area (Å²) in [5.41, 5.74) is 4.66. The largest absolute Gasteiger partial charge is 0.550 e. The normalized spacial score (nSPS) is 11.0. The standard InChI is InChI=1S/C18H18N2O3/c21-17(13-14-7-3-1-4-8-14)20-19-16(11-12-18(22)23)15-9-5-2-6-10-15/h1-10H,11-13H2,(H,20,21)(H,22,23)/p-1/b19-16-. The number of carbonyl (C=O) groups is 2. The van der Waals surface area contributed by atoms with Gasteiger partial charge in [-0.2, -0.15) is 5.10 Å². The van der Waals surface area contributed by atoms with Gasteiger partial charge in [-0.05, 0) is 24.0 Å². The van der Waals surface area contributed by atoms with E-state index >= 15 is 0 Å². The molecule has 0 aliphatic carbocycles. The summed E-state index contributed by atoms with van der Waals surface area (Å²) in [6.45, 7) is 0. The van der Waals surface area contributed by atoms with Gasteiger partial charge in [0, 0.05) is 5.97 Å². The molecular formula is C18H17N2O3-. The van der Waals surface area contributed by atoms with Crippen molar-refractivity contribution in [3.63, 3.8) is 0 Å². The summed E-state index contributed by atoms with van der Waals surface area (Å²) in [5.74, 6) is -1.40. The molecule has 1 N–H and O–H groups in total. The third-order valence-corrected chi connectivity index (χ3v) is 3.20. The minimum Gasteiger partial charge on any atom is -0.550 e. The molecule has 118 valence electrons. The highest BCUT2D eigenvalue weighted by atomic mass is 16.4. The second-order valence-corrected chi connectivity index (χ2v) is 4.99. The monoisotopic (exact) mass is 309 g/mol. The zero-order valence-corrected chi connectivity index (χ0v) is 12.6. The predicted molar refractivity (Wildman–Crippen MR) is 85.5 cm³/mol. The molecular weight excluding hydrogens is 292 g/mol. The van der Waals surface area contributed by atoms with Crippen LogP contribution in [-0.4, -0.2) is 17.6 Å². The maximum Gasteiger partial charge on any atom is 0.244 e. The number of hydrogen-bond acceptors (Lipinski definition) is 4. The summed E-state index contributed by atoms with van der Waals surface area (Å²) in [6, 6.07) is 18.5. The molecule has 5 heteroatoms. The van der Waals surface area contributed by atoms with Crippen LogP contribution in [0.25, 0.3) is 0 Å². The van der Waals surface area contributed by atoms with Gasteiger partial charge in [0.05, 0.1) is 12.1 Å². The van der Waals surface area contributed by atoms with Crippen molar-refractivity contribution in [2.24, 2.45) is 5.10 Å². The fourth-order valence-electron chi connectivity index (χ4n) is 2.07. The fourth-order valence-corrected chi connectivity index (χ4v) is 2.07. The van der Waals surface area contributed by atoms with Crippen LogP contribution in [0, 0.1) is 0 Å². The Labute approximate surface area is 134 Å². The van der Waals surface area contributed by atoms with Gasteiger partial charge in [-0.1, -0.05) is 60.7 Å². The first-order valence-corrected chi connectivity index (χ1v) is 7.30. The Morgan fingerprint density at radius 1 is 0.913 bits per heavy atom. The topological polar surface area (TPSA) is 81.6 Å².